The summed E-state index contributed by atoms with van der Waals surface area (Å²) in [5.74, 6) is 0.750. The zero-order valence-electron chi connectivity index (χ0n) is 9.47. The highest BCUT2D eigenvalue weighted by molar-refractivity contribution is 9.10. The zero-order chi connectivity index (χ0) is 11.8. The average molecular weight is 296 g/mol. The van der Waals surface area contributed by atoms with Crippen molar-refractivity contribution in [2.24, 2.45) is 5.92 Å². The second kappa shape index (κ2) is 4.29. The maximum atomic E-state index is 12.2. The summed E-state index contributed by atoms with van der Waals surface area (Å²) in [4.78, 5) is 20.1. The molecule has 3 rings (SSSR count). The number of halogens is 1. The van der Waals surface area contributed by atoms with Crippen LogP contribution < -0.4 is 4.90 Å². The van der Waals surface area contributed by atoms with Gasteiger partial charge in [-0.1, -0.05) is 0 Å². The molecule has 4 nitrogen and oxygen atoms in total. The van der Waals surface area contributed by atoms with Crippen molar-refractivity contribution in [2.75, 3.05) is 24.5 Å². The fourth-order valence-electron chi connectivity index (χ4n) is 2.15. The van der Waals surface area contributed by atoms with Gasteiger partial charge in [0.25, 0.3) is 0 Å². The molecular weight excluding hydrogens is 282 g/mol. The van der Waals surface area contributed by atoms with Crippen LogP contribution in [0.4, 0.5) is 10.5 Å². The number of aromatic nitrogens is 1. The quantitative estimate of drug-likeness (QED) is 0.859. The van der Waals surface area contributed by atoms with Crippen molar-refractivity contribution in [3.63, 3.8) is 0 Å². The topological polar surface area (TPSA) is 36.4 Å². The molecule has 17 heavy (non-hydrogen) atoms. The van der Waals surface area contributed by atoms with Crippen LogP contribution in [0, 0.1) is 5.92 Å². The van der Waals surface area contributed by atoms with Crippen LogP contribution in [-0.2, 0) is 0 Å². The van der Waals surface area contributed by atoms with Crippen molar-refractivity contribution in [3.8, 4) is 0 Å². The first-order valence-electron chi connectivity index (χ1n) is 5.91. The number of rotatable bonds is 3. The Bertz CT molecular complexity index is 447. The minimum atomic E-state index is 0.122. The number of carbonyl (C=O) groups excluding carboxylic acids is 1. The van der Waals surface area contributed by atoms with Gasteiger partial charge in [-0.25, -0.2) is 4.79 Å². The molecule has 0 aromatic carbocycles. The Labute approximate surface area is 109 Å². The molecule has 1 aromatic rings. The molecule has 2 aliphatic rings. The molecule has 1 aliphatic heterocycles. The van der Waals surface area contributed by atoms with Crippen LogP contribution in [0.2, 0.25) is 0 Å². The van der Waals surface area contributed by atoms with Gasteiger partial charge in [-0.2, -0.15) is 0 Å². The van der Waals surface area contributed by atoms with E-state index in [1.165, 1.54) is 12.8 Å². The Hall–Kier alpha value is -1.10. The maximum Gasteiger partial charge on any atom is 0.324 e. The summed E-state index contributed by atoms with van der Waals surface area (Å²) in [5, 5.41) is 0. The van der Waals surface area contributed by atoms with E-state index in [0.717, 1.165) is 35.7 Å². The number of urea groups is 1. The molecule has 0 spiro atoms. The SMILES string of the molecule is O=C1N(CC2CC2)CCN1c1cncc(Br)c1. The number of nitrogens with zero attached hydrogens (tertiary/aromatic N) is 3. The first-order valence-corrected chi connectivity index (χ1v) is 6.70. The summed E-state index contributed by atoms with van der Waals surface area (Å²) in [6.45, 7) is 2.53. The molecule has 0 radical (unpaired) electrons. The third kappa shape index (κ3) is 2.29. The van der Waals surface area contributed by atoms with Crippen LogP contribution in [0.15, 0.2) is 22.9 Å². The number of anilines is 1. The number of carbonyl (C=O) groups is 1. The van der Waals surface area contributed by atoms with Gasteiger partial charge in [0.1, 0.15) is 0 Å². The first kappa shape index (κ1) is 11.0. The van der Waals surface area contributed by atoms with Gasteiger partial charge in [0.15, 0.2) is 0 Å². The van der Waals surface area contributed by atoms with E-state index in [4.69, 9.17) is 0 Å². The van der Waals surface area contributed by atoms with Crippen molar-refractivity contribution in [1.29, 1.82) is 0 Å². The molecule has 1 saturated carbocycles. The molecule has 0 atom stereocenters. The van der Waals surface area contributed by atoms with Crippen LogP contribution in [0.3, 0.4) is 0 Å². The third-order valence-corrected chi connectivity index (χ3v) is 3.71. The van der Waals surface area contributed by atoms with Crippen LogP contribution in [0.5, 0.6) is 0 Å². The van der Waals surface area contributed by atoms with Gasteiger partial charge in [-0.05, 0) is 40.8 Å². The lowest BCUT2D eigenvalue weighted by molar-refractivity contribution is 0.218. The predicted molar refractivity (Wildman–Crippen MR) is 69.0 cm³/mol. The molecule has 2 amide bonds. The van der Waals surface area contributed by atoms with E-state index in [1.807, 2.05) is 11.0 Å². The lowest BCUT2D eigenvalue weighted by atomic mass is 10.4. The highest BCUT2D eigenvalue weighted by Crippen LogP contribution is 2.31. The maximum absolute atomic E-state index is 12.2. The fourth-order valence-corrected chi connectivity index (χ4v) is 2.50. The van der Waals surface area contributed by atoms with E-state index in [9.17, 15) is 4.79 Å². The van der Waals surface area contributed by atoms with Crippen LogP contribution in [-0.4, -0.2) is 35.5 Å². The van der Waals surface area contributed by atoms with E-state index in [-0.39, 0.29) is 6.03 Å². The lowest BCUT2D eigenvalue weighted by Gasteiger charge is -2.18. The van der Waals surface area contributed by atoms with Crippen LogP contribution >= 0.6 is 15.9 Å². The molecule has 1 aliphatic carbocycles. The summed E-state index contributed by atoms with van der Waals surface area (Å²) in [7, 11) is 0. The second-order valence-corrected chi connectivity index (χ2v) is 5.60. The lowest BCUT2D eigenvalue weighted by Crippen LogP contribution is -2.33. The normalized spacial score (nSPS) is 20.2. The Kier molecular flexibility index (Phi) is 2.78. The second-order valence-electron chi connectivity index (χ2n) is 4.68. The van der Waals surface area contributed by atoms with Gasteiger partial charge in [0.05, 0.1) is 11.9 Å². The minimum absolute atomic E-state index is 0.122. The van der Waals surface area contributed by atoms with E-state index in [2.05, 4.69) is 20.9 Å². The molecule has 2 heterocycles. The fraction of sp³-hybridized carbons (Fsp3) is 0.500. The summed E-state index contributed by atoms with van der Waals surface area (Å²) in [6, 6.07) is 2.06. The Morgan fingerprint density at radius 3 is 2.88 bits per heavy atom. The monoisotopic (exact) mass is 295 g/mol. The summed E-state index contributed by atoms with van der Waals surface area (Å²) >= 11 is 3.38. The number of hydrogen-bond acceptors (Lipinski definition) is 2. The predicted octanol–water partition coefficient (Wildman–Crippen LogP) is 2.50. The van der Waals surface area contributed by atoms with Crippen molar-refractivity contribution < 1.29 is 4.79 Å². The van der Waals surface area contributed by atoms with E-state index in [1.54, 1.807) is 17.3 Å². The Morgan fingerprint density at radius 1 is 1.35 bits per heavy atom. The first-order chi connectivity index (χ1) is 8.24. The minimum Gasteiger partial charge on any atom is -0.322 e. The Morgan fingerprint density at radius 2 is 2.18 bits per heavy atom. The highest BCUT2D eigenvalue weighted by atomic mass is 79.9. The van der Waals surface area contributed by atoms with E-state index >= 15 is 0 Å². The van der Waals surface area contributed by atoms with Gasteiger partial charge < -0.3 is 4.90 Å². The number of amides is 2. The number of hydrogen-bond donors (Lipinski definition) is 0. The molecule has 5 heteroatoms. The van der Waals surface area contributed by atoms with Gasteiger partial charge in [-0.15, -0.1) is 0 Å². The smallest absolute Gasteiger partial charge is 0.322 e. The van der Waals surface area contributed by atoms with E-state index in [0.29, 0.717) is 0 Å². The standard InChI is InChI=1S/C12H14BrN3O/c13-10-5-11(7-14-6-10)16-4-3-15(12(16)17)8-9-1-2-9/h5-7,9H,1-4,8H2. The molecular formula is C12H14BrN3O. The van der Waals surface area contributed by atoms with Gasteiger partial charge >= 0.3 is 6.03 Å². The van der Waals surface area contributed by atoms with Crippen molar-refractivity contribution in [3.05, 3.63) is 22.9 Å². The Balaban J connectivity index is 1.74. The highest BCUT2D eigenvalue weighted by Gasteiger charge is 2.34. The molecule has 0 unspecified atom stereocenters. The van der Waals surface area contributed by atoms with Crippen LogP contribution in [0.1, 0.15) is 12.8 Å². The van der Waals surface area contributed by atoms with Gasteiger partial charge in [0.2, 0.25) is 0 Å². The third-order valence-electron chi connectivity index (χ3n) is 3.27. The molecule has 0 bridgehead atoms. The van der Waals surface area contributed by atoms with E-state index < -0.39 is 0 Å². The van der Waals surface area contributed by atoms with Crippen molar-refractivity contribution in [2.45, 2.75) is 12.8 Å². The van der Waals surface area contributed by atoms with Crippen molar-refractivity contribution >= 4 is 27.6 Å². The molecule has 1 saturated heterocycles. The average Bonchev–Trinajstić information content (AvgIpc) is 3.04. The molecule has 0 N–H and O–H groups in total. The number of pyridine rings is 1. The summed E-state index contributed by atoms with van der Waals surface area (Å²) < 4.78 is 0.906. The van der Waals surface area contributed by atoms with Gasteiger partial charge in [-0.3, -0.25) is 9.88 Å². The molecule has 1 aromatic heterocycles. The van der Waals surface area contributed by atoms with Crippen LogP contribution in [0.25, 0.3) is 0 Å². The summed E-state index contributed by atoms with van der Waals surface area (Å²) in [5.41, 5.74) is 0.877. The molecule has 90 valence electrons. The van der Waals surface area contributed by atoms with Crippen molar-refractivity contribution in [1.82, 2.24) is 9.88 Å². The molecule has 2 fully saturated rings. The summed E-state index contributed by atoms with van der Waals surface area (Å²) in [6.07, 6.45) is 6.03. The van der Waals surface area contributed by atoms with Gasteiger partial charge in [0, 0.05) is 30.3 Å². The zero-order valence-corrected chi connectivity index (χ0v) is 11.1. The largest absolute Gasteiger partial charge is 0.324 e.